The minimum atomic E-state index is -0.501. The number of halogens is 1. The molecule has 1 fully saturated rings. The fourth-order valence-corrected chi connectivity index (χ4v) is 3.11. The normalized spacial score (nSPS) is 18.4. The molecule has 1 aliphatic rings. The molecule has 1 aliphatic heterocycles. The van der Waals surface area contributed by atoms with Crippen molar-refractivity contribution in [2.24, 2.45) is 0 Å². The van der Waals surface area contributed by atoms with Gasteiger partial charge in [-0.3, -0.25) is 10.3 Å². The van der Waals surface area contributed by atoms with Gasteiger partial charge in [0.25, 0.3) is 0 Å². The molecule has 0 spiro atoms. The first-order valence-corrected chi connectivity index (χ1v) is 8.29. The molecule has 1 aromatic carbocycles. The molecule has 126 valence electrons. The Morgan fingerprint density at radius 2 is 2.17 bits per heavy atom. The number of methoxy groups -OCH3 is 1. The van der Waals surface area contributed by atoms with Crippen molar-refractivity contribution < 1.29 is 9.53 Å². The van der Waals surface area contributed by atoms with Crippen molar-refractivity contribution in [3.63, 3.8) is 0 Å². The van der Waals surface area contributed by atoms with Crippen LogP contribution in [0.3, 0.4) is 0 Å². The zero-order valence-electron chi connectivity index (χ0n) is 13.5. The van der Waals surface area contributed by atoms with Crippen LogP contribution in [0.2, 0.25) is 5.02 Å². The first kappa shape index (κ1) is 16.7. The lowest BCUT2D eigenvalue weighted by Crippen LogP contribution is -2.39. The number of hydrogen-bond acceptors (Lipinski definition) is 5. The number of nitrogens with one attached hydrogen (secondary N) is 1. The minimum Gasteiger partial charge on any atom is -0.468 e. The second kappa shape index (κ2) is 7.64. The van der Waals surface area contributed by atoms with Gasteiger partial charge in [0.1, 0.15) is 6.04 Å². The van der Waals surface area contributed by atoms with Gasteiger partial charge in [-0.2, -0.15) is 0 Å². The Hall–Kier alpha value is -2.11. The van der Waals surface area contributed by atoms with Crippen molar-refractivity contribution in [3.8, 4) is 0 Å². The lowest BCUT2D eigenvalue weighted by molar-refractivity contribution is -0.143. The Morgan fingerprint density at radius 3 is 2.83 bits per heavy atom. The number of pyridine rings is 1. The molecule has 24 heavy (non-hydrogen) atoms. The minimum absolute atomic E-state index is 0.199. The zero-order valence-corrected chi connectivity index (χ0v) is 14.2. The molecule has 5 nitrogen and oxygen atoms in total. The van der Waals surface area contributed by atoms with E-state index in [9.17, 15) is 4.79 Å². The number of ether oxygens (including phenoxy) is 1. The van der Waals surface area contributed by atoms with Crippen LogP contribution in [0, 0.1) is 0 Å². The highest BCUT2D eigenvalue weighted by molar-refractivity contribution is 6.30. The summed E-state index contributed by atoms with van der Waals surface area (Å²) in [6.07, 6.45) is 4.34. The van der Waals surface area contributed by atoms with Crippen LogP contribution in [0.25, 0.3) is 0 Å². The second-order valence-electron chi connectivity index (χ2n) is 5.82. The number of hydrogen-bond donors (Lipinski definition) is 1. The zero-order chi connectivity index (χ0) is 16.9. The molecule has 3 rings (SSSR count). The average Bonchev–Trinajstić information content (AvgIpc) is 3.09. The number of carbonyl (C=O) groups excluding carboxylic acids is 1. The van der Waals surface area contributed by atoms with E-state index < -0.39 is 6.04 Å². The maximum Gasteiger partial charge on any atom is 0.327 e. The van der Waals surface area contributed by atoms with E-state index in [0.717, 1.165) is 35.8 Å². The summed E-state index contributed by atoms with van der Waals surface area (Å²) in [6.45, 7) is 1.76. The summed E-state index contributed by atoms with van der Waals surface area (Å²) >= 11 is 5.95. The molecular formula is C18H20ClN3O2. The number of rotatable bonds is 5. The molecule has 1 N–H and O–H groups in total. The van der Waals surface area contributed by atoms with Crippen LogP contribution >= 0.6 is 11.6 Å². The van der Waals surface area contributed by atoms with E-state index in [-0.39, 0.29) is 12.0 Å². The van der Waals surface area contributed by atoms with Gasteiger partial charge in [-0.25, -0.2) is 4.79 Å². The summed E-state index contributed by atoms with van der Waals surface area (Å²) in [4.78, 5) is 18.5. The molecule has 0 bridgehead atoms. The molecule has 2 heterocycles. The molecule has 1 aromatic heterocycles. The van der Waals surface area contributed by atoms with Crippen LogP contribution in [0.15, 0.2) is 48.8 Å². The first-order valence-electron chi connectivity index (χ1n) is 7.91. The van der Waals surface area contributed by atoms with Gasteiger partial charge < -0.3 is 9.64 Å². The summed E-state index contributed by atoms with van der Waals surface area (Å²) < 4.78 is 4.94. The van der Waals surface area contributed by atoms with Gasteiger partial charge in [0.15, 0.2) is 0 Å². The highest BCUT2D eigenvalue weighted by Crippen LogP contribution is 2.24. The van der Waals surface area contributed by atoms with Crippen LogP contribution < -0.4 is 10.2 Å². The Kier molecular flexibility index (Phi) is 5.33. The molecule has 2 atom stereocenters. The van der Waals surface area contributed by atoms with Crippen molar-refractivity contribution in [1.29, 1.82) is 0 Å². The molecular weight excluding hydrogens is 326 g/mol. The average molecular weight is 346 g/mol. The van der Waals surface area contributed by atoms with Gasteiger partial charge in [0, 0.05) is 42.2 Å². The van der Waals surface area contributed by atoms with Crippen LogP contribution in [-0.4, -0.2) is 37.2 Å². The Balaban J connectivity index is 1.68. The molecule has 2 aromatic rings. The number of nitrogens with zero attached hydrogens (tertiary/aromatic N) is 2. The van der Waals surface area contributed by atoms with Gasteiger partial charge >= 0.3 is 5.97 Å². The summed E-state index contributed by atoms with van der Waals surface area (Å²) in [7, 11) is 1.40. The first-order chi connectivity index (χ1) is 11.7. The van der Waals surface area contributed by atoms with E-state index in [1.54, 1.807) is 12.4 Å². The van der Waals surface area contributed by atoms with E-state index in [0.29, 0.717) is 0 Å². The number of carbonyl (C=O) groups is 1. The van der Waals surface area contributed by atoms with Gasteiger partial charge in [-0.1, -0.05) is 17.7 Å². The van der Waals surface area contributed by atoms with E-state index in [4.69, 9.17) is 16.3 Å². The molecule has 0 saturated carbocycles. The Bertz CT molecular complexity index is 678. The number of benzene rings is 1. The summed E-state index contributed by atoms with van der Waals surface area (Å²) in [5.41, 5.74) is 1.95. The van der Waals surface area contributed by atoms with E-state index in [1.165, 1.54) is 7.11 Å². The largest absolute Gasteiger partial charge is 0.468 e. The van der Waals surface area contributed by atoms with Crippen LogP contribution in [0.5, 0.6) is 0 Å². The fourth-order valence-electron chi connectivity index (χ4n) is 2.98. The smallest absolute Gasteiger partial charge is 0.327 e. The molecule has 0 amide bonds. The third-order valence-electron chi connectivity index (χ3n) is 4.24. The van der Waals surface area contributed by atoms with E-state index in [1.807, 2.05) is 36.4 Å². The van der Waals surface area contributed by atoms with Gasteiger partial charge in [0.2, 0.25) is 0 Å². The van der Waals surface area contributed by atoms with Crippen molar-refractivity contribution in [2.75, 3.05) is 25.1 Å². The van der Waals surface area contributed by atoms with Crippen molar-refractivity contribution in [3.05, 3.63) is 59.4 Å². The topological polar surface area (TPSA) is 54.5 Å². The Labute approximate surface area is 146 Å². The van der Waals surface area contributed by atoms with Gasteiger partial charge in [0.05, 0.1) is 7.11 Å². The predicted molar refractivity (Wildman–Crippen MR) is 94.2 cm³/mol. The SMILES string of the molecule is COC(=O)[C@H](N[C@H]1CCN(c2ccc(Cl)cc2)C1)c1cccnc1. The van der Waals surface area contributed by atoms with Crippen molar-refractivity contribution >= 4 is 23.3 Å². The maximum absolute atomic E-state index is 12.1. The monoisotopic (exact) mass is 345 g/mol. The highest BCUT2D eigenvalue weighted by Gasteiger charge is 2.29. The lowest BCUT2D eigenvalue weighted by Gasteiger charge is -2.22. The summed E-state index contributed by atoms with van der Waals surface area (Å²) in [5.74, 6) is -0.298. The predicted octanol–water partition coefficient (Wildman–Crippen LogP) is 2.82. The van der Waals surface area contributed by atoms with Crippen molar-refractivity contribution in [1.82, 2.24) is 10.3 Å². The maximum atomic E-state index is 12.1. The third-order valence-corrected chi connectivity index (χ3v) is 4.49. The van der Waals surface area contributed by atoms with Crippen LogP contribution in [0.4, 0.5) is 5.69 Å². The van der Waals surface area contributed by atoms with Crippen LogP contribution in [-0.2, 0) is 9.53 Å². The van der Waals surface area contributed by atoms with Gasteiger partial charge in [-0.15, -0.1) is 0 Å². The molecule has 1 saturated heterocycles. The number of esters is 1. The lowest BCUT2D eigenvalue weighted by atomic mass is 10.1. The van der Waals surface area contributed by atoms with E-state index >= 15 is 0 Å². The molecule has 6 heteroatoms. The van der Waals surface area contributed by atoms with E-state index in [2.05, 4.69) is 15.2 Å². The standard InChI is InChI=1S/C18H20ClN3O2/c1-24-18(23)17(13-3-2-9-20-11-13)21-15-8-10-22(12-15)16-6-4-14(19)5-7-16/h2-7,9,11,15,17,21H,8,10,12H2,1H3/t15-,17+/m0/s1. The fraction of sp³-hybridized carbons (Fsp3) is 0.333. The quantitative estimate of drug-likeness (QED) is 0.844. The van der Waals surface area contributed by atoms with Crippen LogP contribution in [0.1, 0.15) is 18.0 Å². The second-order valence-corrected chi connectivity index (χ2v) is 6.25. The molecule has 0 aliphatic carbocycles. The highest BCUT2D eigenvalue weighted by atomic mass is 35.5. The third kappa shape index (κ3) is 3.86. The molecule has 0 radical (unpaired) electrons. The summed E-state index contributed by atoms with van der Waals surface area (Å²) in [5, 5.41) is 4.14. The summed E-state index contributed by atoms with van der Waals surface area (Å²) in [6, 6.07) is 11.2. The van der Waals surface area contributed by atoms with Gasteiger partial charge in [-0.05, 0) is 42.3 Å². The number of aromatic nitrogens is 1. The number of anilines is 1. The van der Waals surface area contributed by atoms with Crippen molar-refractivity contribution in [2.45, 2.75) is 18.5 Å². The Morgan fingerprint density at radius 1 is 1.38 bits per heavy atom. The molecule has 0 unspecified atom stereocenters.